The molecule has 0 bridgehead atoms. The van der Waals surface area contributed by atoms with Crippen LogP contribution in [0.15, 0.2) is 29.3 Å². The number of alkyl halides is 3. The smallest absolute Gasteiger partial charge is 0.385 e. The summed E-state index contributed by atoms with van der Waals surface area (Å²) in [5.41, 5.74) is 10.2. The SMILES string of the molecule is N=C(N)Nc1ncc(Cl)c2ccc(S(=O)(=O)N[C@@H](CCC(N)=O)C(=O)OC(=O)C(F)(F)F)cc12. The maximum absolute atomic E-state index is 12.9. The normalized spacial score (nSPS) is 12.7. The average molecular weight is 525 g/mol. The summed E-state index contributed by atoms with van der Waals surface area (Å²) in [5, 5.41) is 10.2. The standard InChI is InChI=1S/C17H16ClF3N6O6S/c18-10-6-25-13(26-16(23)24)9-5-7(1-2-8(9)10)34(31,32)27-11(3-4-12(22)28)14(29)33-15(30)17(19,20)21/h1-2,5-6,11,27H,3-4H2,(H2,22,28)(H4,23,24,25,26)/t11-/m0/s1. The van der Waals surface area contributed by atoms with Crippen molar-refractivity contribution in [1.29, 1.82) is 5.41 Å². The van der Waals surface area contributed by atoms with Crippen molar-refractivity contribution in [2.75, 3.05) is 5.32 Å². The largest absolute Gasteiger partial charge is 0.491 e. The summed E-state index contributed by atoms with van der Waals surface area (Å²) in [5.74, 6) is -6.32. The molecule has 0 saturated carbocycles. The molecule has 2 aromatic rings. The Labute approximate surface area is 194 Å². The molecule has 1 aromatic carbocycles. The fourth-order valence-electron chi connectivity index (χ4n) is 2.57. The van der Waals surface area contributed by atoms with Crippen molar-refractivity contribution in [3.05, 3.63) is 29.4 Å². The number of benzene rings is 1. The van der Waals surface area contributed by atoms with Crippen molar-refractivity contribution in [3.63, 3.8) is 0 Å². The molecule has 17 heteroatoms. The fourth-order valence-corrected chi connectivity index (χ4v) is 4.03. The molecule has 0 aliphatic heterocycles. The Bertz CT molecular complexity index is 1270. The molecule has 12 nitrogen and oxygen atoms in total. The van der Waals surface area contributed by atoms with E-state index < -0.39 is 63.8 Å². The van der Waals surface area contributed by atoms with E-state index in [1.165, 1.54) is 12.3 Å². The number of nitrogens with one attached hydrogen (secondary N) is 3. The molecule has 1 heterocycles. The number of rotatable bonds is 8. The van der Waals surface area contributed by atoms with Gasteiger partial charge in [0.1, 0.15) is 11.9 Å². The lowest BCUT2D eigenvalue weighted by Crippen LogP contribution is -2.44. The predicted octanol–water partition coefficient (Wildman–Crippen LogP) is 0.738. The van der Waals surface area contributed by atoms with E-state index in [-0.39, 0.29) is 16.2 Å². The van der Waals surface area contributed by atoms with Crippen molar-refractivity contribution in [2.45, 2.75) is 30.0 Å². The van der Waals surface area contributed by atoms with Crippen LogP contribution in [0.25, 0.3) is 10.8 Å². The van der Waals surface area contributed by atoms with Gasteiger partial charge in [0.25, 0.3) is 0 Å². The molecule has 0 saturated heterocycles. The van der Waals surface area contributed by atoms with Crippen LogP contribution < -0.4 is 21.5 Å². The van der Waals surface area contributed by atoms with Crippen LogP contribution in [0.1, 0.15) is 12.8 Å². The second kappa shape index (κ2) is 10.2. The molecule has 0 aliphatic rings. The Morgan fingerprint density at radius 3 is 2.41 bits per heavy atom. The van der Waals surface area contributed by atoms with E-state index in [9.17, 15) is 36.0 Å². The molecule has 0 unspecified atom stereocenters. The lowest BCUT2D eigenvalue weighted by molar-refractivity contribution is -0.202. The Balaban J connectivity index is 2.44. The molecule has 2 rings (SSSR count). The van der Waals surface area contributed by atoms with Crippen molar-refractivity contribution < 1.29 is 40.7 Å². The van der Waals surface area contributed by atoms with Gasteiger partial charge in [-0.1, -0.05) is 17.7 Å². The maximum Gasteiger partial charge on any atom is 0.491 e. The minimum Gasteiger partial charge on any atom is -0.385 e. The summed E-state index contributed by atoms with van der Waals surface area (Å²) in [6.45, 7) is 0. The number of hydrogen-bond acceptors (Lipinski definition) is 8. The van der Waals surface area contributed by atoms with Gasteiger partial charge in [-0.2, -0.15) is 17.9 Å². The molecule has 1 atom stereocenters. The first-order chi connectivity index (χ1) is 15.6. The highest BCUT2D eigenvalue weighted by atomic mass is 35.5. The van der Waals surface area contributed by atoms with Gasteiger partial charge in [-0.05, 0) is 18.6 Å². The molecule has 0 spiro atoms. The summed E-state index contributed by atoms with van der Waals surface area (Å²) in [4.78, 5) is 37.5. The van der Waals surface area contributed by atoms with Gasteiger partial charge in [0.2, 0.25) is 15.9 Å². The van der Waals surface area contributed by atoms with E-state index in [1.807, 2.05) is 0 Å². The summed E-state index contributed by atoms with van der Waals surface area (Å²) in [7, 11) is -4.65. The van der Waals surface area contributed by atoms with Gasteiger partial charge in [0.05, 0.1) is 9.92 Å². The van der Waals surface area contributed by atoms with Crippen molar-refractivity contribution >= 4 is 62.0 Å². The molecule has 184 valence electrons. The van der Waals surface area contributed by atoms with Gasteiger partial charge >= 0.3 is 18.1 Å². The number of aromatic nitrogens is 1. The Morgan fingerprint density at radius 2 is 1.85 bits per heavy atom. The number of carbonyl (C=O) groups is 3. The van der Waals surface area contributed by atoms with E-state index in [4.69, 9.17) is 28.5 Å². The number of hydrogen-bond donors (Lipinski definition) is 5. The molecular formula is C17H16ClF3N6O6S. The molecule has 0 aliphatic carbocycles. The van der Waals surface area contributed by atoms with Gasteiger partial charge in [-0.3, -0.25) is 10.2 Å². The van der Waals surface area contributed by atoms with E-state index in [0.29, 0.717) is 5.39 Å². The molecule has 7 N–H and O–H groups in total. The van der Waals surface area contributed by atoms with Crippen LogP contribution in [0.4, 0.5) is 19.0 Å². The topological polar surface area (TPSA) is 207 Å². The van der Waals surface area contributed by atoms with Crippen LogP contribution in [0.3, 0.4) is 0 Å². The van der Waals surface area contributed by atoms with E-state index in [1.54, 1.807) is 4.72 Å². The third-order valence-electron chi connectivity index (χ3n) is 4.06. The third-order valence-corrected chi connectivity index (χ3v) is 5.83. The highest BCUT2D eigenvalue weighted by Crippen LogP contribution is 2.30. The second-order valence-corrected chi connectivity index (χ2v) is 8.71. The van der Waals surface area contributed by atoms with Crippen LogP contribution in [-0.4, -0.2) is 49.4 Å². The van der Waals surface area contributed by atoms with Crippen molar-refractivity contribution in [2.24, 2.45) is 11.5 Å². The highest BCUT2D eigenvalue weighted by Gasteiger charge is 2.43. The van der Waals surface area contributed by atoms with Gasteiger partial charge in [-0.15, -0.1) is 0 Å². The summed E-state index contributed by atoms with van der Waals surface area (Å²) < 4.78 is 68.4. The number of amides is 1. The molecular weight excluding hydrogens is 509 g/mol. The average Bonchev–Trinajstić information content (AvgIpc) is 2.71. The first-order valence-corrected chi connectivity index (χ1v) is 10.8. The van der Waals surface area contributed by atoms with Gasteiger partial charge in [0, 0.05) is 23.4 Å². The van der Waals surface area contributed by atoms with Crippen molar-refractivity contribution in [3.8, 4) is 0 Å². The minimum absolute atomic E-state index is 0.0376. The number of esters is 2. The number of ether oxygens (including phenoxy) is 1. The number of nitrogens with two attached hydrogens (primary N) is 2. The van der Waals surface area contributed by atoms with E-state index in [0.717, 1.165) is 12.1 Å². The third kappa shape index (κ3) is 6.75. The predicted molar refractivity (Wildman–Crippen MR) is 112 cm³/mol. The number of pyridine rings is 1. The zero-order valence-electron chi connectivity index (χ0n) is 16.8. The number of nitrogens with zero attached hydrogens (tertiary/aromatic N) is 1. The fraction of sp³-hybridized carbons (Fsp3) is 0.235. The molecule has 0 radical (unpaired) electrons. The molecule has 34 heavy (non-hydrogen) atoms. The second-order valence-electron chi connectivity index (χ2n) is 6.59. The first-order valence-electron chi connectivity index (χ1n) is 8.94. The van der Waals surface area contributed by atoms with Crippen LogP contribution in [0.2, 0.25) is 5.02 Å². The molecule has 1 aromatic heterocycles. The van der Waals surface area contributed by atoms with Gasteiger partial charge in [0.15, 0.2) is 5.96 Å². The van der Waals surface area contributed by atoms with Gasteiger partial charge in [-0.25, -0.2) is 23.0 Å². The number of primary amides is 1. The molecule has 1 amide bonds. The van der Waals surface area contributed by atoms with Crippen LogP contribution in [0.5, 0.6) is 0 Å². The number of halogens is 4. The lowest BCUT2D eigenvalue weighted by atomic mass is 10.1. The minimum atomic E-state index is -5.52. The number of fused-ring (bicyclic) bond motifs is 1. The number of sulfonamides is 1. The highest BCUT2D eigenvalue weighted by molar-refractivity contribution is 7.89. The Hall–Kier alpha value is -3.50. The van der Waals surface area contributed by atoms with Crippen molar-refractivity contribution in [1.82, 2.24) is 9.71 Å². The first kappa shape index (κ1) is 26.7. The summed E-state index contributed by atoms with van der Waals surface area (Å²) in [6.07, 6.45) is -5.62. The Kier molecular flexibility index (Phi) is 8.01. The van der Waals surface area contributed by atoms with Crippen LogP contribution in [-0.2, 0) is 29.1 Å². The maximum atomic E-state index is 12.9. The van der Waals surface area contributed by atoms with Crippen LogP contribution in [0, 0.1) is 5.41 Å². The summed E-state index contributed by atoms with van der Waals surface area (Å²) in [6, 6.07) is 1.31. The molecule has 0 fully saturated rings. The summed E-state index contributed by atoms with van der Waals surface area (Å²) >= 11 is 6.05. The monoisotopic (exact) mass is 524 g/mol. The quantitative estimate of drug-likeness (QED) is 0.142. The number of anilines is 1. The van der Waals surface area contributed by atoms with E-state index in [2.05, 4.69) is 15.0 Å². The lowest BCUT2D eigenvalue weighted by Gasteiger charge is -2.17. The number of guanidine groups is 1. The van der Waals surface area contributed by atoms with Gasteiger partial charge < -0.3 is 21.5 Å². The Morgan fingerprint density at radius 1 is 1.21 bits per heavy atom. The van der Waals surface area contributed by atoms with E-state index >= 15 is 0 Å². The number of carbonyl (C=O) groups excluding carboxylic acids is 3. The zero-order chi connectivity index (χ0) is 25.8. The van der Waals surface area contributed by atoms with Crippen LogP contribution >= 0.6 is 11.6 Å². The zero-order valence-corrected chi connectivity index (χ0v) is 18.3.